The summed E-state index contributed by atoms with van der Waals surface area (Å²) in [6, 6.07) is 8.33. The molecule has 0 aliphatic rings. The molecule has 0 heterocycles. The molecular formula is C21H19ClO5. The van der Waals surface area contributed by atoms with Crippen molar-refractivity contribution in [3.05, 3.63) is 52.6 Å². The number of ketones is 1. The van der Waals surface area contributed by atoms with Gasteiger partial charge in [0.05, 0.1) is 26.4 Å². The van der Waals surface area contributed by atoms with Crippen LogP contribution >= 0.6 is 11.6 Å². The van der Waals surface area contributed by atoms with E-state index in [1.165, 1.54) is 27.4 Å². The van der Waals surface area contributed by atoms with Crippen molar-refractivity contribution in [3.8, 4) is 35.3 Å². The molecule has 0 aromatic heterocycles. The zero-order valence-corrected chi connectivity index (χ0v) is 16.0. The summed E-state index contributed by atoms with van der Waals surface area (Å²) >= 11 is 6.23. The molecule has 0 spiro atoms. The average molecular weight is 387 g/mol. The zero-order chi connectivity index (χ0) is 19.8. The smallest absolute Gasteiger partial charge is 0.185 e. The van der Waals surface area contributed by atoms with E-state index in [0.717, 1.165) is 0 Å². The lowest BCUT2D eigenvalue weighted by atomic mass is 10.1. The summed E-state index contributed by atoms with van der Waals surface area (Å²) in [6.07, 6.45) is 8.27. The van der Waals surface area contributed by atoms with Crippen molar-refractivity contribution in [1.82, 2.24) is 0 Å². The minimum absolute atomic E-state index is 0.0725. The molecule has 6 heteroatoms. The van der Waals surface area contributed by atoms with Crippen molar-refractivity contribution in [1.29, 1.82) is 0 Å². The van der Waals surface area contributed by atoms with Crippen LogP contribution in [-0.4, -0.2) is 33.7 Å². The summed E-state index contributed by atoms with van der Waals surface area (Å²) in [6.45, 7) is 0.0725. The molecule has 0 saturated heterocycles. The Kier molecular flexibility index (Phi) is 7.16. The first-order chi connectivity index (χ1) is 13.0. The molecule has 0 atom stereocenters. The Morgan fingerprint density at radius 2 is 1.78 bits per heavy atom. The fraction of sp³-hybridized carbons (Fsp3) is 0.190. The number of rotatable bonds is 8. The lowest BCUT2D eigenvalue weighted by molar-refractivity contribution is 0.104. The Labute approximate surface area is 163 Å². The van der Waals surface area contributed by atoms with Crippen LogP contribution in [0.2, 0.25) is 5.02 Å². The van der Waals surface area contributed by atoms with Gasteiger partial charge in [0.25, 0.3) is 0 Å². The summed E-state index contributed by atoms with van der Waals surface area (Å²) in [4.78, 5) is 12.4. The van der Waals surface area contributed by atoms with E-state index >= 15 is 0 Å². The molecule has 0 saturated carbocycles. The third-order valence-corrected chi connectivity index (χ3v) is 3.93. The Morgan fingerprint density at radius 3 is 2.41 bits per heavy atom. The van der Waals surface area contributed by atoms with Gasteiger partial charge in [-0.25, -0.2) is 0 Å². The normalized spacial score (nSPS) is 10.3. The third kappa shape index (κ3) is 4.96. The monoisotopic (exact) mass is 386 g/mol. The summed E-state index contributed by atoms with van der Waals surface area (Å²) in [7, 11) is 4.55. The number of ether oxygens (including phenoxy) is 4. The Balaban J connectivity index is 2.26. The van der Waals surface area contributed by atoms with Crippen LogP contribution in [0.4, 0.5) is 0 Å². The van der Waals surface area contributed by atoms with Crippen molar-refractivity contribution >= 4 is 23.5 Å². The SMILES string of the molecule is C#CCOc1c(Cl)cc(C=CC(=O)c2ccc(OC)c(OC)c2)cc1OC. The van der Waals surface area contributed by atoms with E-state index < -0.39 is 0 Å². The van der Waals surface area contributed by atoms with Gasteiger partial charge in [0, 0.05) is 5.56 Å². The Bertz CT molecular complexity index is 896. The Hall–Kier alpha value is -3.10. The zero-order valence-electron chi connectivity index (χ0n) is 15.2. The van der Waals surface area contributed by atoms with Crippen LogP contribution in [0.3, 0.4) is 0 Å². The summed E-state index contributed by atoms with van der Waals surface area (Å²) in [5.74, 6) is 4.00. The standard InChI is InChI=1S/C21H19ClO5/c1-5-10-27-21-16(22)11-14(12-20(21)26-4)6-8-17(23)15-7-9-18(24-2)19(13-15)25-3/h1,6-9,11-13H,10H2,2-4H3. The number of hydrogen-bond acceptors (Lipinski definition) is 5. The van der Waals surface area contributed by atoms with Crippen molar-refractivity contribution in [3.63, 3.8) is 0 Å². The fourth-order valence-corrected chi connectivity index (χ4v) is 2.62. The number of hydrogen-bond donors (Lipinski definition) is 0. The number of carbonyl (C=O) groups is 1. The lowest BCUT2D eigenvalue weighted by Gasteiger charge is -2.11. The van der Waals surface area contributed by atoms with Crippen LogP contribution in [-0.2, 0) is 0 Å². The van der Waals surface area contributed by atoms with Crippen LogP contribution in [0.25, 0.3) is 6.08 Å². The van der Waals surface area contributed by atoms with Crippen LogP contribution in [0, 0.1) is 12.3 Å². The number of methoxy groups -OCH3 is 3. The van der Waals surface area contributed by atoms with Crippen LogP contribution in [0.5, 0.6) is 23.0 Å². The maximum atomic E-state index is 12.4. The minimum Gasteiger partial charge on any atom is -0.493 e. The first-order valence-corrected chi connectivity index (χ1v) is 8.30. The molecule has 0 aliphatic heterocycles. The first-order valence-electron chi connectivity index (χ1n) is 7.92. The maximum Gasteiger partial charge on any atom is 0.185 e. The van der Waals surface area contributed by atoms with E-state index in [2.05, 4.69) is 5.92 Å². The molecule has 2 aromatic rings. The van der Waals surface area contributed by atoms with E-state index in [1.54, 1.807) is 36.4 Å². The van der Waals surface area contributed by atoms with E-state index in [4.69, 9.17) is 37.0 Å². The predicted molar refractivity (Wildman–Crippen MR) is 105 cm³/mol. The highest BCUT2D eigenvalue weighted by atomic mass is 35.5. The van der Waals surface area contributed by atoms with Crippen LogP contribution in [0.15, 0.2) is 36.4 Å². The molecule has 0 radical (unpaired) electrons. The van der Waals surface area contributed by atoms with E-state index in [1.807, 2.05) is 0 Å². The van der Waals surface area contributed by atoms with Gasteiger partial charge < -0.3 is 18.9 Å². The van der Waals surface area contributed by atoms with Gasteiger partial charge in [-0.05, 0) is 42.0 Å². The first kappa shape index (κ1) is 20.2. The topological polar surface area (TPSA) is 54.0 Å². The quantitative estimate of drug-likeness (QED) is 0.385. The van der Waals surface area contributed by atoms with Gasteiger partial charge in [0.1, 0.15) is 6.61 Å². The molecular weight excluding hydrogens is 368 g/mol. The number of allylic oxidation sites excluding steroid dienone is 1. The summed E-state index contributed by atoms with van der Waals surface area (Å²) in [5, 5.41) is 0.336. The van der Waals surface area contributed by atoms with Gasteiger partial charge in [0.2, 0.25) is 0 Å². The molecule has 0 amide bonds. The van der Waals surface area contributed by atoms with E-state index in [9.17, 15) is 4.79 Å². The van der Waals surface area contributed by atoms with Crippen molar-refractivity contribution in [2.24, 2.45) is 0 Å². The van der Waals surface area contributed by atoms with Gasteiger partial charge in [-0.3, -0.25) is 4.79 Å². The highest BCUT2D eigenvalue weighted by Crippen LogP contribution is 2.36. The second-order valence-corrected chi connectivity index (χ2v) is 5.70. The molecule has 0 aliphatic carbocycles. The number of halogens is 1. The highest BCUT2D eigenvalue weighted by Gasteiger charge is 2.12. The Morgan fingerprint density at radius 1 is 1.07 bits per heavy atom. The van der Waals surface area contributed by atoms with Gasteiger partial charge in [-0.15, -0.1) is 6.42 Å². The summed E-state index contributed by atoms with van der Waals surface area (Å²) in [5.41, 5.74) is 1.15. The van der Waals surface area contributed by atoms with Crippen molar-refractivity contribution < 1.29 is 23.7 Å². The van der Waals surface area contributed by atoms with Gasteiger partial charge in [-0.2, -0.15) is 0 Å². The van der Waals surface area contributed by atoms with Crippen LogP contribution in [0.1, 0.15) is 15.9 Å². The number of benzene rings is 2. The minimum atomic E-state index is -0.196. The van der Waals surface area contributed by atoms with Gasteiger partial charge in [0.15, 0.2) is 28.8 Å². The molecule has 0 N–H and O–H groups in total. The molecule has 140 valence electrons. The number of carbonyl (C=O) groups excluding carboxylic acids is 1. The molecule has 5 nitrogen and oxygen atoms in total. The molecule has 27 heavy (non-hydrogen) atoms. The third-order valence-electron chi connectivity index (χ3n) is 3.65. The maximum absolute atomic E-state index is 12.4. The molecule has 0 unspecified atom stereocenters. The highest BCUT2D eigenvalue weighted by molar-refractivity contribution is 6.32. The molecule has 2 aromatic carbocycles. The molecule has 0 fully saturated rings. The average Bonchev–Trinajstić information content (AvgIpc) is 2.70. The summed E-state index contributed by atoms with van der Waals surface area (Å²) < 4.78 is 21.1. The van der Waals surface area contributed by atoms with E-state index in [0.29, 0.717) is 39.1 Å². The second kappa shape index (κ2) is 9.56. The predicted octanol–water partition coefficient (Wildman–Crippen LogP) is 4.27. The fourth-order valence-electron chi connectivity index (χ4n) is 2.35. The number of terminal acetylenes is 1. The molecule has 0 bridgehead atoms. The van der Waals surface area contributed by atoms with Gasteiger partial charge in [-0.1, -0.05) is 23.6 Å². The van der Waals surface area contributed by atoms with Crippen LogP contribution < -0.4 is 18.9 Å². The van der Waals surface area contributed by atoms with Crippen molar-refractivity contribution in [2.75, 3.05) is 27.9 Å². The van der Waals surface area contributed by atoms with E-state index in [-0.39, 0.29) is 12.4 Å². The largest absolute Gasteiger partial charge is 0.493 e. The lowest BCUT2D eigenvalue weighted by Crippen LogP contribution is -1.99. The second-order valence-electron chi connectivity index (χ2n) is 5.29. The van der Waals surface area contributed by atoms with Gasteiger partial charge >= 0.3 is 0 Å². The molecule has 2 rings (SSSR count). The van der Waals surface area contributed by atoms with Crippen molar-refractivity contribution in [2.45, 2.75) is 0 Å².